The van der Waals surface area contributed by atoms with Gasteiger partial charge in [0.15, 0.2) is 5.58 Å². The summed E-state index contributed by atoms with van der Waals surface area (Å²) in [7, 11) is 1.53. The number of furan rings is 1. The van der Waals surface area contributed by atoms with Crippen LogP contribution in [0.5, 0.6) is 0 Å². The molecule has 0 atom stereocenters. The maximum atomic E-state index is 12.4. The van der Waals surface area contributed by atoms with Crippen LogP contribution < -0.4 is 10.6 Å². The van der Waals surface area contributed by atoms with Crippen molar-refractivity contribution in [3.05, 3.63) is 59.5 Å². The Labute approximate surface area is 139 Å². The first kappa shape index (κ1) is 15.9. The number of aromatic nitrogens is 1. The van der Waals surface area contributed by atoms with Gasteiger partial charge in [-0.05, 0) is 12.5 Å². The van der Waals surface area contributed by atoms with E-state index >= 15 is 0 Å². The molecule has 0 aliphatic carbocycles. The number of hydrogen-bond acceptors (Lipinski definition) is 3. The van der Waals surface area contributed by atoms with Crippen LogP contribution in [0.4, 0.5) is 0 Å². The van der Waals surface area contributed by atoms with Crippen LogP contribution >= 0.6 is 0 Å². The fourth-order valence-electron chi connectivity index (χ4n) is 2.55. The van der Waals surface area contributed by atoms with Crippen LogP contribution in [0.2, 0.25) is 0 Å². The highest BCUT2D eigenvalue weighted by Gasteiger charge is 2.18. The van der Waals surface area contributed by atoms with Gasteiger partial charge in [0.05, 0.1) is 18.3 Å². The summed E-state index contributed by atoms with van der Waals surface area (Å²) in [5.41, 5.74) is 4.23. The summed E-state index contributed by atoms with van der Waals surface area (Å²) in [5.74, 6) is -0.555. The highest BCUT2D eigenvalue weighted by molar-refractivity contribution is 5.99. The van der Waals surface area contributed by atoms with Crippen LogP contribution in [0.3, 0.4) is 0 Å². The molecular formula is C18H19N3O3. The lowest BCUT2D eigenvalue weighted by Crippen LogP contribution is -2.36. The molecule has 3 rings (SSSR count). The number of carbonyl (C=O) groups is 2. The molecule has 124 valence electrons. The van der Waals surface area contributed by atoms with Crippen molar-refractivity contribution in [1.29, 1.82) is 0 Å². The monoisotopic (exact) mass is 325 g/mol. The number of benzene rings is 1. The fraction of sp³-hybridized carbons (Fsp3) is 0.222. The van der Waals surface area contributed by atoms with E-state index < -0.39 is 0 Å². The molecule has 0 saturated heterocycles. The van der Waals surface area contributed by atoms with Crippen molar-refractivity contribution in [2.75, 3.05) is 13.6 Å². The normalized spacial score (nSPS) is 10.8. The van der Waals surface area contributed by atoms with Crippen LogP contribution in [0.15, 0.2) is 47.1 Å². The minimum absolute atomic E-state index is 0.0631. The number of nitrogens with zero attached hydrogens (tertiary/aromatic N) is 1. The van der Waals surface area contributed by atoms with Crippen molar-refractivity contribution in [2.24, 2.45) is 0 Å². The van der Waals surface area contributed by atoms with Gasteiger partial charge >= 0.3 is 0 Å². The third kappa shape index (κ3) is 3.17. The van der Waals surface area contributed by atoms with E-state index in [2.05, 4.69) is 10.6 Å². The Hall–Kier alpha value is -3.02. The molecule has 1 aromatic carbocycles. The first-order chi connectivity index (χ1) is 11.6. The average molecular weight is 325 g/mol. The van der Waals surface area contributed by atoms with E-state index in [-0.39, 0.29) is 18.4 Å². The summed E-state index contributed by atoms with van der Waals surface area (Å²) in [6.07, 6.45) is 1.60. The molecule has 0 spiro atoms. The predicted octanol–water partition coefficient (Wildman–Crippen LogP) is 2.07. The molecule has 2 N–H and O–H groups in total. The zero-order valence-corrected chi connectivity index (χ0v) is 13.6. The van der Waals surface area contributed by atoms with Crippen LogP contribution in [0.1, 0.15) is 21.6 Å². The molecule has 24 heavy (non-hydrogen) atoms. The topological polar surface area (TPSA) is 76.3 Å². The summed E-state index contributed by atoms with van der Waals surface area (Å²) >= 11 is 0. The smallest absolute Gasteiger partial charge is 0.268 e. The molecule has 2 heterocycles. The quantitative estimate of drug-likeness (QED) is 0.754. The summed E-state index contributed by atoms with van der Waals surface area (Å²) in [6, 6.07) is 11.7. The standard InChI is InChI=1S/C18H19N3O3/c1-12-3-5-13(6-4-12)11-21-14-7-8-24-16(14)9-15(21)18(23)20-10-17(22)19-2/h3-9H,10-11H2,1-2H3,(H,19,22)(H,20,23). The van der Waals surface area contributed by atoms with Crippen molar-refractivity contribution in [1.82, 2.24) is 15.2 Å². The molecule has 0 unspecified atom stereocenters. The Bertz CT molecular complexity index is 875. The number of carbonyl (C=O) groups excluding carboxylic acids is 2. The lowest BCUT2D eigenvalue weighted by atomic mass is 10.1. The van der Waals surface area contributed by atoms with Crippen molar-refractivity contribution in [3.8, 4) is 0 Å². The molecule has 0 radical (unpaired) electrons. The number of nitrogens with one attached hydrogen (secondary N) is 2. The third-order valence-corrected chi connectivity index (χ3v) is 3.91. The lowest BCUT2D eigenvalue weighted by molar-refractivity contribution is -0.119. The summed E-state index contributed by atoms with van der Waals surface area (Å²) in [5, 5.41) is 5.10. The van der Waals surface area contributed by atoms with Gasteiger partial charge in [-0.1, -0.05) is 29.8 Å². The van der Waals surface area contributed by atoms with E-state index in [1.54, 1.807) is 12.3 Å². The Balaban J connectivity index is 1.90. The van der Waals surface area contributed by atoms with Crippen LogP contribution in [0, 0.1) is 6.92 Å². The van der Waals surface area contributed by atoms with Crippen LogP contribution in [-0.2, 0) is 11.3 Å². The molecule has 2 aromatic heterocycles. The SMILES string of the molecule is CNC(=O)CNC(=O)c1cc2occc2n1Cc1ccc(C)cc1. The molecule has 2 amide bonds. The first-order valence-electron chi connectivity index (χ1n) is 7.69. The highest BCUT2D eigenvalue weighted by Crippen LogP contribution is 2.22. The zero-order valence-electron chi connectivity index (χ0n) is 13.6. The van der Waals surface area contributed by atoms with Gasteiger partial charge in [0, 0.05) is 25.7 Å². The second kappa shape index (κ2) is 6.62. The van der Waals surface area contributed by atoms with Gasteiger partial charge in [0.25, 0.3) is 5.91 Å². The van der Waals surface area contributed by atoms with E-state index in [1.807, 2.05) is 41.8 Å². The van der Waals surface area contributed by atoms with Crippen molar-refractivity contribution in [3.63, 3.8) is 0 Å². The van der Waals surface area contributed by atoms with Crippen LogP contribution in [-0.4, -0.2) is 30.0 Å². The molecule has 6 nitrogen and oxygen atoms in total. The minimum Gasteiger partial charge on any atom is -0.463 e. The van der Waals surface area contributed by atoms with Gasteiger partial charge in [0.1, 0.15) is 5.69 Å². The Morgan fingerprint density at radius 1 is 1.17 bits per heavy atom. The first-order valence-corrected chi connectivity index (χ1v) is 7.69. The number of rotatable bonds is 5. The second-order valence-electron chi connectivity index (χ2n) is 5.63. The molecule has 3 aromatic rings. The highest BCUT2D eigenvalue weighted by atomic mass is 16.3. The van der Waals surface area contributed by atoms with E-state index in [1.165, 1.54) is 12.6 Å². The van der Waals surface area contributed by atoms with E-state index in [0.29, 0.717) is 17.8 Å². The van der Waals surface area contributed by atoms with E-state index in [9.17, 15) is 9.59 Å². The Morgan fingerprint density at radius 3 is 2.62 bits per heavy atom. The molecule has 0 aliphatic heterocycles. The van der Waals surface area contributed by atoms with Gasteiger partial charge in [-0.15, -0.1) is 0 Å². The van der Waals surface area contributed by atoms with Crippen molar-refractivity contribution >= 4 is 22.9 Å². The van der Waals surface area contributed by atoms with Gasteiger partial charge in [-0.2, -0.15) is 0 Å². The molecule has 6 heteroatoms. The third-order valence-electron chi connectivity index (χ3n) is 3.91. The summed E-state index contributed by atoms with van der Waals surface area (Å²) < 4.78 is 7.30. The molecular weight excluding hydrogens is 306 g/mol. The Morgan fingerprint density at radius 2 is 1.92 bits per heavy atom. The lowest BCUT2D eigenvalue weighted by Gasteiger charge is -2.11. The number of fused-ring (bicyclic) bond motifs is 1. The van der Waals surface area contributed by atoms with Gasteiger partial charge in [0.2, 0.25) is 5.91 Å². The van der Waals surface area contributed by atoms with Crippen molar-refractivity contribution < 1.29 is 14.0 Å². The Kier molecular flexibility index (Phi) is 4.37. The number of hydrogen-bond donors (Lipinski definition) is 2. The van der Waals surface area contributed by atoms with Gasteiger partial charge in [-0.3, -0.25) is 9.59 Å². The van der Waals surface area contributed by atoms with E-state index in [0.717, 1.165) is 11.1 Å². The maximum Gasteiger partial charge on any atom is 0.268 e. The van der Waals surface area contributed by atoms with Crippen molar-refractivity contribution in [2.45, 2.75) is 13.5 Å². The summed E-state index contributed by atoms with van der Waals surface area (Å²) in [4.78, 5) is 23.8. The second-order valence-corrected chi connectivity index (χ2v) is 5.63. The summed E-state index contributed by atoms with van der Waals surface area (Å²) in [6.45, 7) is 2.52. The fourth-order valence-corrected chi connectivity index (χ4v) is 2.55. The molecule has 0 bridgehead atoms. The van der Waals surface area contributed by atoms with E-state index in [4.69, 9.17) is 4.42 Å². The predicted molar refractivity (Wildman–Crippen MR) is 90.9 cm³/mol. The molecule has 0 saturated carbocycles. The largest absolute Gasteiger partial charge is 0.463 e. The zero-order chi connectivity index (χ0) is 17.1. The van der Waals surface area contributed by atoms with Crippen LogP contribution in [0.25, 0.3) is 11.1 Å². The minimum atomic E-state index is -0.308. The maximum absolute atomic E-state index is 12.4. The van der Waals surface area contributed by atoms with Gasteiger partial charge < -0.3 is 19.6 Å². The molecule has 0 fully saturated rings. The number of amides is 2. The number of likely N-dealkylation sites (N-methyl/N-ethyl adjacent to an activating group) is 1. The molecule has 0 aliphatic rings. The number of aryl methyl sites for hydroxylation is 1. The average Bonchev–Trinajstić information content (AvgIpc) is 3.17. The van der Waals surface area contributed by atoms with Gasteiger partial charge in [-0.25, -0.2) is 0 Å².